The summed E-state index contributed by atoms with van der Waals surface area (Å²) in [5, 5.41) is 0. The van der Waals surface area contributed by atoms with Gasteiger partial charge in [0.25, 0.3) is 0 Å². The van der Waals surface area contributed by atoms with Crippen LogP contribution in [0.1, 0.15) is 201 Å². The molecule has 0 saturated carbocycles. The fraction of sp³-hybridized carbons (Fsp3) is 0.667. The van der Waals surface area contributed by atoms with E-state index in [1.54, 1.807) is 0 Å². The minimum absolute atomic E-state index is 0.108. The summed E-state index contributed by atoms with van der Waals surface area (Å²) in [5.74, 6) is -1.01. The Morgan fingerprint density at radius 1 is 0.386 bits per heavy atom. The van der Waals surface area contributed by atoms with Crippen LogP contribution in [-0.2, 0) is 28.6 Å². The zero-order valence-corrected chi connectivity index (χ0v) is 36.8. The van der Waals surface area contributed by atoms with E-state index in [-0.39, 0.29) is 44.0 Å². The van der Waals surface area contributed by atoms with Crippen LogP contribution in [0, 0.1) is 0 Å². The lowest BCUT2D eigenvalue weighted by Crippen LogP contribution is -2.30. The van der Waals surface area contributed by atoms with Crippen molar-refractivity contribution in [2.45, 2.75) is 207 Å². The Morgan fingerprint density at radius 2 is 0.789 bits per heavy atom. The van der Waals surface area contributed by atoms with E-state index in [9.17, 15) is 14.4 Å². The lowest BCUT2D eigenvalue weighted by molar-refractivity contribution is -0.167. The molecule has 0 N–H and O–H groups in total. The van der Waals surface area contributed by atoms with E-state index in [1.807, 2.05) is 36.5 Å². The molecule has 0 bridgehead atoms. The van der Waals surface area contributed by atoms with Crippen LogP contribution in [0.25, 0.3) is 0 Å². The zero-order valence-electron chi connectivity index (χ0n) is 36.8. The first-order valence-electron chi connectivity index (χ1n) is 23.1. The number of carbonyl (C=O) groups is 3. The highest BCUT2D eigenvalue weighted by Gasteiger charge is 2.19. The molecule has 0 aliphatic carbocycles. The van der Waals surface area contributed by atoms with E-state index < -0.39 is 6.10 Å². The van der Waals surface area contributed by atoms with Gasteiger partial charge in [0.2, 0.25) is 0 Å². The lowest BCUT2D eigenvalue weighted by Gasteiger charge is -2.18. The number of esters is 3. The second-order valence-corrected chi connectivity index (χ2v) is 15.0. The number of carbonyl (C=O) groups excluding carboxylic acids is 3. The third-order valence-electron chi connectivity index (χ3n) is 9.49. The molecule has 0 fully saturated rings. The molecule has 0 aromatic rings. The van der Waals surface area contributed by atoms with E-state index in [2.05, 4.69) is 69.4 Å². The molecule has 0 saturated heterocycles. The van der Waals surface area contributed by atoms with Crippen molar-refractivity contribution in [3.63, 3.8) is 0 Å². The molecule has 6 nitrogen and oxygen atoms in total. The minimum Gasteiger partial charge on any atom is -0.462 e. The molecule has 0 aliphatic rings. The number of allylic oxidation sites excluding steroid dienone is 14. The molecule has 57 heavy (non-hydrogen) atoms. The van der Waals surface area contributed by atoms with Gasteiger partial charge in [-0.1, -0.05) is 202 Å². The Balaban J connectivity index is 4.48. The summed E-state index contributed by atoms with van der Waals surface area (Å²) in [6, 6.07) is 0. The summed E-state index contributed by atoms with van der Waals surface area (Å²) in [6.07, 6.45) is 57.2. The normalized spacial score (nSPS) is 12.8. The number of hydrogen-bond acceptors (Lipinski definition) is 6. The number of ether oxygens (including phenoxy) is 3. The highest BCUT2D eigenvalue weighted by Crippen LogP contribution is 2.14. The van der Waals surface area contributed by atoms with Crippen molar-refractivity contribution in [1.29, 1.82) is 0 Å². The SMILES string of the molecule is CC\C=C/C=C\C=C/C=C\CCCCCC(=O)OC(COC(=O)CCC/C=C\C/C=C\C/C=C\CC)COC(=O)CCCCCCCCCCCCCCCCC. The Labute approximate surface area is 350 Å². The summed E-state index contributed by atoms with van der Waals surface area (Å²) >= 11 is 0. The first-order valence-corrected chi connectivity index (χ1v) is 23.1. The summed E-state index contributed by atoms with van der Waals surface area (Å²) in [7, 11) is 0. The molecule has 0 aromatic heterocycles. The van der Waals surface area contributed by atoms with Gasteiger partial charge in [0.05, 0.1) is 0 Å². The highest BCUT2D eigenvalue weighted by atomic mass is 16.6. The molecule has 0 aromatic carbocycles. The summed E-state index contributed by atoms with van der Waals surface area (Å²) in [6.45, 7) is 6.28. The van der Waals surface area contributed by atoms with Crippen molar-refractivity contribution in [3.05, 3.63) is 85.1 Å². The van der Waals surface area contributed by atoms with Crippen molar-refractivity contribution in [2.24, 2.45) is 0 Å². The molecule has 0 radical (unpaired) electrons. The number of hydrogen-bond donors (Lipinski definition) is 0. The molecule has 1 atom stereocenters. The summed E-state index contributed by atoms with van der Waals surface area (Å²) < 4.78 is 16.6. The molecule has 0 spiro atoms. The van der Waals surface area contributed by atoms with E-state index in [1.165, 1.54) is 77.0 Å². The average molecular weight is 793 g/mol. The van der Waals surface area contributed by atoms with Gasteiger partial charge in [-0.15, -0.1) is 0 Å². The van der Waals surface area contributed by atoms with Crippen molar-refractivity contribution in [3.8, 4) is 0 Å². The van der Waals surface area contributed by atoms with Gasteiger partial charge < -0.3 is 14.2 Å². The Morgan fingerprint density at radius 3 is 1.33 bits per heavy atom. The van der Waals surface area contributed by atoms with Crippen molar-refractivity contribution >= 4 is 17.9 Å². The molecule has 1 unspecified atom stereocenters. The summed E-state index contributed by atoms with van der Waals surface area (Å²) in [5.41, 5.74) is 0. The van der Waals surface area contributed by atoms with Crippen molar-refractivity contribution in [2.75, 3.05) is 13.2 Å². The maximum atomic E-state index is 12.7. The Bertz CT molecular complexity index is 1140. The van der Waals surface area contributed by atoms with Crippen LogP contribution >= 0.6 is 0 Å². The molecular formula is C51H84O6. The molecule has 0 rings (SSSR count). The first kappa shape index (κ1) is 53.6. The van der Waals surface area contributed by atoms with Crippen LogP contribution in [0.4, 0.5) is 0 Å². The van der Waals surface area contributed by atoms with Gasteiger partial charge >= 0.3 is 17.9 Å². The topological polar surface area (TPSA) is 78.9 Å². The van der Waals surface area contributed by atoms with Gasteiger partial charge in [-0.05, 0) is 64.2 Å². The van der Waals surface area contributed by atoms with Gasteiger partial charge in [-0.3, -0.25) is 14.4 Å². The van der Waals surface area contributed by atoms with Crippen molar-refractivity contribution in [1.82, 2.24) is 0 Å². The second kappa shape index (κ2) is 45.3. The monoisotopic (exact) mass is 793 g/mol. The minimum atomic E-state index is -0.813. The van der Waals surface area contributed by atoms with Gasteiger partial charge in [0, 0.05) is 19.3 Å². The average Bonchev–Trinajstić information content (AvgIpc) is 3.21. The van der Waals surface area contributed by atoms with Gasteiger partial charge in [-0.2, -0.15) is 0 Å². The molecule has 324 valence electrons. The Kier molecular flexibility index (Phi) is 42.6. The van der Waals surface area contributed by atoms with Crippen LogP contribution in [0.15, 0.2) is 85.1 Å². The van der Waals surface area contributed by atoms with Crippen LogP contribution in [0.2, 0.25) is 0 Å². The third-order valence-corrected chi connectivity index (χ3v) is 9.49. The fourth-order valence-corrected chi connectivity index (χ4v) is 6.06. The predicted molar refractivity (Wildman–Crippen MR) is 242 cm³/mol. The van der Waals surface area contributed by atoms with Crippen LogP contribution in [0.3, 0.4) is 0 Å². The Hall–Kier alpha value is -3.41. The maximum absolute atomic E-state index is 12.7. The third kappa shape index (κ3) is 43.6. The first-order chi connectivity index (χ1) is 28.0. The van der Waals surface area contributed by atoms with Gasteiger partial charge in [0.15, 0.2) is 6.10 Å². The zero-order chi connectivity index (χ0) is 41.5. The predicted octanol–water partition coefficient (Wildman–Crippen LogP) is 14.9. The molecular weight excluding hydrogens is 709 g/mol. The van der Waals surface area contributed by atoms with Crippen LogP contribution in [-0.4, -0.2) is 37.2 Å². The second-order valence-electron chi connectivity index (χ2n) is 15.0. The van der Waals surface area contributed by atoms with E-state index in [0.29, 0.717) is 19.3 Å². The lowest BCUT2D eigenvalue weighted by atomic mass is 10.0. The quantitative estimate of drug-likeness (QED) is 0.0202. The van der Waals surface area contributed by atoms with Crippen molar-refractivity contribution < 1.29 is 28.6 Å². The van der Waals surface area contributed by atoms with Crippen LogP contribution < -0.4 is 0 Å². The molecule has 0 aliphatic heterocycles. The van der Waals surface area contributed by atoms with E-state index in [4.69, 9.17) is 14.2 Å². The number of unbranched alkanes of at least 4 members (excludes halogenated alkanes) is 18. The van der Waals surface area contributed by atoms with Gasteiger partial charge in [-0.25, -0.2) is 0 Å². The largest absolute Gasteiger partial charge is 0.462 e. The highest BCUT2D eigenvalue weighted by molar-refractivity contribution is 5.71. The smallest absolute Gasteiger partial charge is 0.306 e. The van der Waals surface area contributed by atoms with Gasteiger partial charge in [0.1, 0.15) is 13.2 Å². The fourth-order valence-electron chi connectivity index (χ4n) is 6.06. The van der Waals surface area contributed by atoms with E-state index in [0.717, 1.165) is 70.6 Å². The summed E-state index contributed by atoms with van der Waals surface area (Å²) in [4.78, 5) is 37.7. The molecule has 0 amide bonds. The molecule has 0 heterocycles. The number of rotatable bonds is 40. The van der Waals surface area contributed by atoms with Crippen LogP contribution in [0.5, 0.6) is 0 Å². The standard InChI is InChI=1S/C51H84O6/c1-4-7-10-13-16-19-22-24-25-27-29-32-35-38-41-44-50(53)56-47-48(46-55-49(52)43-40-37-34-31-28-21-18-15-12-9-6-3)57-51(54)45-42-39-36-33-30-26-23-20-17-14-11-8-5-2/h8-9,11-12,14,17-18,20-21,23,26,30-31,34,48H,4-7,10,13,15-16,19,22,24-25,27-29,32-33,35-47H2,1-3H3/b11-8-,12-9-,17-14-,21-18-,23-20-,30-26-,34-31-. The van der Waals surface area contributed by atoms with E-state index >= 15 is 0 Å². The maximum Gasteiger partial charge on any atom is 0.306 e. The molecule has 6 heteroatoms.